The van der Waals surface area contributed by atoms with Crippen molar-refractivity contribution in [3.05, 3.63) is 0 Å². The summed E-state index contributed by atoms with van der Waals surface area (Å²) in [6, 6.07) is 0. The Morgan fingerprint density at radius 2 is 1.13 bits per heavy atom. The quantitative estimate of drug-likeness (QED) is 0.404. The lowest BCUT2D eigenvalue weighted by Gasteiger charge is -2.40. The molecule has 0 aliphatic carbocycles. The zero-order chi connectivity index (χ0) is 25.5. The molecule has 0 aromatic carbocycles. The molecular formula is C29H65NO. The SMILES string of the molecule is CC.CC.CC(C)C(C)(C)CC(C)(C)C(C)C.CCN1CCC(C(C)(C)CCO)CC1. The van der Waals surface area contributed by atoms with Gasteiger partial charge in [-0.3, -0.25) is 0 Å². The largest absolute Gasteiger partial charge is 0.396 e. The molecule has 1 saturated heterocycles. The first kappa shape index (κ1) is 35.5. The number of aliphatic hydroxyl groups is 1. The van der Waals surface area contributed by atoms with Gasteiger partial charge in [-0.1, -0.05) is 104 Å². The number of nitrogens with zero attached hydrogens (tertiary/aromatic N) is 1. The third kappa shape index (κ3) is 14.6. The molecule has 0 amide bonds. The van der Waals surface area contributed by atoms with Crippen LogP contribution in [0.1, 0.15) is 130 Å². The van der Waals surface area contributed by atoms with Gasteiger partial charge in [-0.2, -0.15) is 0 Å². The molecule has 1 heterocycles. The van der Waals surface area contributed by atoms with Crippen LogP contribution in [0.15, 0.2) is 0 Å². The number of likely N-dealkylation sites (tertiary alicyclic amines) is 1. The maximum atomic E-state index is 9.02. The van der Waals surface area contributed by atoms with E-state index in [9.17, 15) is 0 Å². The molecule has 1 rings (SSSR count). The number of rotatable bonds is 8. The highest BCUT2D eigenvalue weighted by molar-refractivity contribution is 4.84. The Morgan fingerprint density at radius 3 is 1.39 bits per heavy atom. The van der Waals surface area contributed by atoms with E-state index in [4.69, 9.17) is 5.11 Å². The fraction of sp³-hybridized carbons (Fsp3) is 1.00. The maximum Gasteiger partial charge on any atom is 0.0436 e. The highest BCUT2D eigenvalue weighted by atomic mass is 16.3. The van der Waals surface area contributed by atoms with E-state index < -0.39 is 0 Å². The Kier molecular flexibility index (Phi) is 19.9. The summed E-state index contributed by atoms with van der Waals surface area (Å²) >= 11 is 0. The van der Waals surface area contributed by atoms with E-state index in [1.165, 1.54) is 38.9 Å². The van der Waals surface area contributed by atoms with E-state index in [1.807, 2.05) is 27.7 Å². The Bertz CT molecular complexity index is 370. The molecule has 0 aromatic rings. The van der Waals surface area contributed by atoms with Crippen molar-refractivity contribution in [2.75, 3.05) is 26.2 Å². The molecule has 0 atom stereocenters. The number of hydrogen-bond donors (Lipinski definition) is 1. The molecule has 0 radical (unpaired) electrons. The van der Waals surface area contributed by atoms with Gasteiger partial charge in [0.1, 0.15) is 0 Å². The lowest BCUT2D eigenvalue weighted by atomic mass is 9.65. The van der Waals surface area contributed by atoms with Gasteiger partial charge in [-0.25, -0.2) is 0 Å². The first-order valence-electron chi connectivity index (χ1n) is 13.5. The monoisotopic (exact) mass is 444 g/mol. The van der Waals surface area contributed by atoms with Gasteiger partial charge in [-0.05, 0) is 79.3 Å². The highest BCUT2D eigenvalue weighted by Crippen LogP contribution is 2.42. The molecule has 1 N–H and O–H groups in total. The van der Waals surface area contributed by atoms with E-state index >= 15 is 0 Å². The van der Waals surface area contributed by atoms with E-state index in [1.54, 1.807) is 0 Å². The van der Waals surface area contributed by atoms with Gasteiger partial charge in [0.05, 0.1) is 0 Å². The Hall–Kier alpha value is -0.0800. The third-order valence-corrected chi connectivity index (χ3v) is 7.93. The fourth-order valence-electron chi connectivity index (χ4n) is 4.11. The normalized spacial score (nSPS) is 16.1. The van der Waals surface area contributed by atoms with Gasteiger partial charge in [0.15, 0.2) is 0 Å². The number of aliphatic hydroxyl groups excluding tert-OH is 1. The van der Waals surface area contributed by atoms with Crippen LogP contribution in [0.4, 0.5) is 0 Å². The Balaban J connectivity index is -0.000000437. The lowest BCUT2D eigenvalue weighted by Crippen LogP contribution is -2.39. The first-order chi connectivity index (χ1) is 14.2. The van der Waals surface area contributed by atoms with Crippen LogP contribution in [0.5, 0.6) is 0 Å². The minimum absolute atomic E-state index is 0.328. The number of piperidine rings is 1. The minimum Gasteiger partial charge on any atom is -0.396 e. The van der Waals surface area contributed by atoms with E-state index in [2.05, 4.69) is 81.1 Å². The van der Waals surface area contributed by atoms with Crippen molar-refractivity contribution in [1.82, 2.24) is 4.90 Å². The molecule has 31 heavy (non-hydrogen) atoms. The minimum atomic E-state index is 0.328. The van der Waals surface area contributed by atoms with Crippen molar-refractivity contribution in [2.24, 2.45) is 34.0 Å². The number of hydrogen-bond acceptors (Lipinski definition) is 2. The fourth-order valence-corrected chi connectivity index (χ4v) is 4.11. The van der Waals surface area contributed by atoms with Gasteiger partial charge in [0.2, 0.25) is 0 Å². The van der Waals surface area contributed by atoms with Gasteiger partial charge < -0.3 is 10.0 Å². The molecule has 1 aliphatic rings. The molecule has 0 saturated carbocycles. The lowest BCUT2D eigenvalue weighted by molar-refractivity contribution is 0.0799. The third-order valence-electron chi connectivity index (χ3n) is 7.93. The zero-order valence-electron chi connectivity index (χ0n) is 24.8. The molecule has 2 nitrogen and oxygen atoms in total. The van der Waals surface area contributed by atoms with Crippen LogP contribution in [0.2, 0.25) is 0 Å². The predicted octanol–water partition coefficient (Wildman–Crippen LogP) is 8.92. The topological polar surface area (TPSA) is 23.5 Å². The standard InChI is InChI=1S/C13H28.C12H25NO.2C2H6/c1-10(2)12(5,6)9-13(7,8)11(3)4;1-4-13-8-5-11(6-9-13)12(2,3)7-10-14;2*1-2/h10-11H,9H2,1-8H3;11,14H,4-10H2,1-3H3;2*1-2H3. The summed E-state index contributed by atoms with van der Waals surface area (Å²) in [5.74, 6) is 2.34. The van der Waals surface area contributed by atoms with Gasteiger partial charge in [-0.15, -0.1) is 0 Å². The van der Waals surface area contributed by atoms with Gasteiger partial charge in [0, 0.05) is 6.61 Å². The van der Waals surface area contributed by atoms with Crippen LogP contribution in [0, 0.1) is 34.0 Å². The summed E-state index contributed by atoms with van der Waals surface area (Å²) in [7, 11) is 0. The van der Waals surface area contributed by atoms with Crippen LogP contribution < -0.4 is 0 Å². The first-order valence-corrected chi connectivity index (χ1v) is 13.5. The Morgan fingerprint density at radius 1 is 0.774 bits per heavy atom. The summed E-state index contributed by atoms with van der Waals surface area (Å²) in [6.45, 7) is 37.7. The van der Waals surface area contributed by atoms with E-state index in [0.717, 1.165) is 24.2 Å². The molecule has 1 aliphatic heterocycles. The molecular weight excluding hydrogens is 378 g/mol. The Labute approximate surface area is 200 Å². The van der Waals surface area contributed by atoms with Crippen molar-refractivity contribution in [3.63, 3.8) is 0 Å². The van der Waals surface area contributed by atoms with Crippen molar-refractivity contribution in [2.45, 2.75) is 130 Å². The molecule has 0 unspecified atom stereocenters. The second kappa shape index (κ2) is 17.4. The van der Waals surface area contributed by atoms with E-state index in [0.29, 0.717) is 22.9 Å². The van der Waals surface area contributed by atoms with Crippen molar-refractivity contribution < 1.29 is 5.11 Å². The highest BCUT2D eigenvalue weighted by Gasteiger charge is 2.33. The molecule has 0 spiro atoms. The average molecular weight is 444 g/mol. The molecule has 192 valence electrons. The molecule has 0 bridgehead atoms. The second-order valence-corrected chi connectivity index (χ2v) is 11.6. The molecule has 1 fully saturated rings. The van der Waals surface area contributed by atoms with Crippen LogP contribution in [-0.4, -0.2) is 36.2 Å². The maximum absolute atomic E-state index is 9.02. The van der Waals surface area contributed by atoms with Gasteiger partial charge in [0.25, 0.3) is 0 Å². The van der Waals surface area contributed by atoms with Crippen molar-refractivity contribution in [3.8, 4) is 0 Å². The summed E-state index contributed by atoms with van der Waals surface area (Å²) < 4.78 is 0. The molecule has 2 heteroatoms. The predicted molar refractivity (Wildman–Crippen MR) is 145 cm³/mol. The van der Waals surface area contributed by atoms with Crippen molar-refractivity contribution in [1.29, 1.82) is 0 Å². The van der Waals surface area contributed by atoms with Crippen molar-refractivity contribution >= 4 is 0 Å². The summed E-state index contributed by atoms with van der Waals surface area (Å²) in [5.41, 5.74) is 1.26. The van der Waals surface area contributed by atoms with Crippen LogP contribution in [0.25, 0.3) is 0 Å². The zero-order valence-corrected chi connectivity index (χ0v) is 24.8. The average Bonchev–Trinajstić information content (AvgIpc) is 2.70. The summed E-state index contributed by atoms with van der Waals surface area (Å²) in [4.78, 5) is 2.52. The second-order valence-electron chi connectivity index (χ2n) is 11.6. The van der Waals surface area contributed by atoms with Crippen LogP contribution in [-0.2, 0) is 0 Å². The van der Waals surface area contributed by atoms with Gasteiger partial charge >= 0.3 is 0 Å². The smallest absolute Gasteiger partial charge is 0.0436 e. The summed E-state index contributed by atoms with van der Waals surface area (Å²) in [5, 5.41) is 9.02. The van der Waals surface area contributed by atoms with Crippen LogP contribution in [0.3, 0.4) is 0 Å². The van der Waals surface area contributed by atoms with Crippen LogP contribution >= 0.6 is 0 Å². The van der Waals surface area contributed by atoms with E-state index in [-0.39, 0.29) is 0 Å². The molecule has 0 aromatic heterocycles. The summed E-state index contributed by atoms with van der Waals surface area (Å²) in [6.07, 6.45) is 4.88.